The maximum atomic E-state index is 14.5. The lowest BCUT2D eigenvalue weighted by atomic mass is 9.99. The molecule has 0 fully saturated rings. The number of hydrogen-bond donors (Lipinski definition) is 1. The molecule has 103 heavy (non-hydrogen) atoms. The van der Waals surface area contributed by atoms with Crippen LogP contribution in [0, 0.1) is 20.8 Å². The molecule has 22 nitrogen and oxygen atoms in total. The number of carbonyl (C=O) groups is 7. The van der Waals surface area contributed by atoms with Crippen molar-refractivity contribution in [3.05, 3.63) is 250 Å². The highest BCUT2D eigenvalue weighted by Gasteiger charge is 2.32. The largest absolute Gasteiger partial charge is 0.497 e. The van der Waals surface area contributed by atoms with Crippen molar-refractivity contribution in [2.24, 2.45) is 0 Å². The van der Waals surface area contributed by atoms with E-state index in [1.54, 1.807) is 72.8 Å². The summed E-state index contributed by atoms with van der Waals surface area (Å²) < 4.78 is 84.3. The number of carbonyl (C=O) groups excluding carboxylic acids is 7. The fraction of sp³-hybridized carbons (Fsp3) is 0.0988. The minimum Gasteiger partial charge on any atom is -0.497 e. The number of fused-ring (bicyclic) bond motifs is 12. The first-order valence-corrected chi connectivity index (χ1v) is 31.7. The maximum absolute atomic E-state index is 14.5. The summed E-state index contributed by atoms with van der Waals surface area (Å²) >= 11 is 0. The Morgan fingerprint density at radius 2 is 0.515 bits per heavy atom. The van der Waals surface area contributed by atoms with Crippen molar-refractivity contribution in [2.45, 2.75) is 20.8 Å². The smallest absolute Gasteiger partial charge is 0.343 e. The van der Waals surface area contributed by atoms with Gasteiger partial charge < -0.3 is 70.7 Å². The molecule has 0 radical (unpaired) electrons. The first-order chi connectivity index (χ1) is 49.8. The standard InChI is InChI=1S/C81H57NO21/c1-41-33-42(2)68(43(3)34-41)75(83)82-50-21-9-44(10-22-50)76(84)101-65-38-59-56(35-62(65)98-77(85)45-11-23-51(90-4)24-12-45)69-72(95-59)70-57-36-63(99-78(86)46-13-25-52(91-5)26-14-46)66(102-80(88)48-17-29-54(93-7)30-18-48)39-60(57)97-74(70)71-58-37-64(100-79(87)47-15-27-53(92-6)28-16-47)67(40-61(58)96-73(69)71)103-81(89)49-19-31-55(94-8)32-20-49/h9-40H,1-8H3,(H,82,83). The Morgan fingerprint density at radius 3 is 0.748 bits per heavy atom. The predicted octanol–water partition coefficient (Wildman–Crippen LogP) is 16.9. The third-order valence-corrected chi connectivity index (χ3v) is 17.1. The van der Waals surface area contributed by atoms with Gasteiger partial charge in [0.2, 0.25) is 0 Å². The number of ether oxygens (including phenoxy) is 11. The summed E-state index contributed by atoms with van der Waals surface area (Å²) in [6, 6.07) is 48.7. The van der Waals surface area contributed by atoms with E-state index in [0.29, 0.717) is 40.0 Å². The van der Waals surface area contributed by atoms with E-state index in [-0.39, 0.29) is 140 Å². The maximum Gasteiger partial charge on any atom is 0.343 e. The van der Waals surface area contributed by atoms with Gasteiger partial charge in [0, 0.05) is 45.6 Å². The molecule has 0 bridgehead atoms. The van der Waals surface area contributed by atoms with Gasteiger partial charge in [0.25, 0.3) is 5.91 Å². The van der Waals surface area contributed by atoms with Crippen LogP contribution in [0.3, 0.4) is 0 Å². The summed E-state index contributed by atoms with van der Waals surface area (Å²) in [4.78, 5) is 99.4. The van der Waals surface area contributed by atoms with Gasteiger partial charge in [-0.05, 0) is 196 Å². The number of rotatable bonds is 19. The molecule has 0 atom stereocenters. The van der Waals surface area contributed by atoms with Crippen LogP contribution < -0.4 is 57.4 Å². The normalized spacial score (nSPS) is 11.2. The van der Waals surface area contributed by atoms with E-state index in [9.17, 15) is 33.6 Å². The van der Waals surface area contributed by atoms with E-state index in [2.05, 4.69) is 5.32 Å². The third kappa shape index (κ3) is 13.0. The highest BCUT2D eigenvalue weighted by molar-refractivity contribution is 6.37. The zero-order chi connectivity index (χ0) is 71.9. The van der Waals surface area contributed by atoms with Crippen LogP contribution >= 0.6 is 0 Å². The second-order valence-electron chi connectivity index (χ2n) is 23.6. The van der Waals surface area contributed by atoms with Gasteiger partial charge in [-0.15, -0.1) is 0 Å². The van der Waals surface area contributed by atoms with Crippen molar-refractivity contribution >= 4 is 113 Å². The molecule has 3 aromatic heterocycles. The number of benzene rings is 11. The highest BCUT2D eigenvalue weighted by atomic mass is 16.6. The molecule has 11 aromatic carbocycles. The summed E-state index contributed by atoms with van der Waals surface area (Å²) in [6.45, 7) is 5.66. The Balaban J connectivity index is 0.985. The van der Waals surface area contributed by atoms with Crippen LogP contribution in [-0.4, -0.2) is 77.3 Å². The molecule has 14 rings (SSSR count). The monoisotopic (exact) mass is 1380 g/mol. The second-order valence-corrected chi connectivity index (χ2v) is 23.6. The number of methoxy groups -OCH3 is 5. The fourth-order valence-corrected chi connectivity index (χ4v) is 12.0. The van der Waals surface area contributed by atoms with Crippen molar-refractivity contribution < 1.29 is 98.9 Å². The van der Waals surface area contributed by atoms with Crippen LogP contribution in [0.1, 0.15) is 89.2 Å². The Labute approximate surface area is 584 Å². The zero-order valence-corrected chi connectivity index (χ0v) is 56.0. The summed E-state index contributed by atoms with van der Waals surface area (Å²) in [5.74, 6) is -4.87. The third-order valence-electron chi connectivity index (χ3n) is 17.1. The Morgan fingerprint density at radius 1 is 0.291 bits per heavy atom. The van der Waals surface area contributed by atoms with E-state index < -0.39 is 35.8 Å². The first-order valence-electron chi connectivity index (χ1n) is 31.7. The zero-order valence-electron chi connectivity index (χ0n) is 56.0. The lowest BCUT2D eigenvalue weighted by Gasteiger charge is -2.13. The molecule has 1 N–H and O–H groups in total. The Bertz CT molecular complexity index is 5680. The molecule has 0 spiro atoms. The average molecular weight is 1380 g/mol. The number of nitrogens with one attached hydrogen (secondary N) is 1. The Kier molecular flexibility index (Phi) is 17.7. The van der Waals surface area contributed by atoms with Crippen LogP contribution in [0.5, 0.6) is 63.2 Å². The summed E-state index contributed by atoms with van der Waals surface area (Å²) in [7, 11) is 7.38. The molecule has 512 valence electrons. The highest BCUT2D eigenvalue weighted by Crippen LogP contribution is 2.52. The van der Waals surface area contributed by atoms with Gasteiger partial charge in [0.15, 0.2) is 51.2 Å². The van der Waals surface area contributed by atoms with Gasteiger partial charge in [-0.25, -0.2) is 28.8 Å². The SMILES string of the molecule is COc1ccc(C(=O)Oc2cc3oc4c5c6cc(OC(=O)c7ccc(OC)cc7)c(OC(=O)c7ccc(NC(=O)c8c(C)cc(C)cc8C)cc7)cc6oc5c5c6cc(OC(=O)c7ccc(OC)cc7)c(OC(=O)c7ccc(OC)cc7)cc6oc5c4c3cc2OC(=O)c2ccc(OC)cc2)cc1. The Hall–Kier alpha value is -13.9. The molecule has 0 unspecified atom stereocenters. The van der Waals surface area contributed by atoms with Crippen molar-refractivity contribution in [1.82, 2.24) is 0 Å². The van der Waals surface area contributed by atoms with Crippen molar-refractivity contribution in [2.75, 3.05) is 40.9 Å². The van der Waals surface area contributed by atoms with Crippen molar-refractivity contribution in [3.63, 3.8) is 0 Å². The van der Waals surface area contributed by atoms with E-state index in [1.807, 2.05) is 32.9 Å². The quantitative estimate of drug-likeness (QED) is 0.0582. The molecule has 14 aromatic rings. The van der Waals surface area contributed by atoms with Gasteiger partial charge in [-0.2, -0.15) is 0 Å². The minimum absolute atomic E-state index is 0.0184. The van der Waals surface area contributed by atoms with Crippen molar-refractivity contribution in [3.8, 4) is 63.2 Å². The van der Waals surface area contributed by atoms with Gasteiger partial charge in [0.1, 0.15) is 45.5 Å². The molecule has 1 amide bonds. The lowest BCUT2D eigenvalue weighted by molar-refractivity contribution is 0.0682. The molecule has 0 saturated carbocycles. The number of aryl methyl sites for hydroxylation is 3. The topological polar surface area (TPSA) is 272 Å². The molecule has 22 heteroatoms. The fourth-order valence-electron chi connectivity index (χ4n) is 12.0. The van der Waals surface area contributed by atoms with Crippen LogP contribution in [0.2, 0.25) is 0 Å². The van der Waals surface area contributed by atoms with Gasteiger partial charge in [-0.3, -0.25) is 4.79 Å². The molecule has 3 heterocycles. The van der Waals surface area contributed by atoms with Crippen LogP contribution in [0.25, 0.3) is 65.8 Å². The number of amides is 1. The average Bonchev–Trinajstić information content (AvgIpc) is 1.53. The number of furan rings is 3. The molecular formula is C81H57NO21. The summed E-state index contributed by atoms with van der Waals surface area (Å²) in [5.41, 5.74) is 4.22. The van der Waals surface area contributed by atoms with Crippen molar-refractivity contribution in [1.29, 1.82) is 0 Å². The molecule has 0 aliphatic carbocycles. The first kappa shape index (κ1) is 66.3. The van der Waals surface area contributed by atoms with Gasteiger partial charge in [-0.1, -0.05) is 17.7 Å². The molecular weight excluding hydrogens is 1320 g/mol. The molecule has 0 aliphatic heterocycles. The van der Waals surface area contributed by atoms with Crippen LogP contribution in [0.4, 0.5) is 5.69 Å². The number of esters is 6. The van der Waals surface area contributed by atoms with Gasteiger partial charge in [0.05, 0.1) is 85.1 Å². The van der Waals surface area contributed by atoms with Crippen LogP contribution in [0.15, 0.2) is 207 Å². The number of anilines is 1. The summed E-state index contributed by atoms with van der Waals surface area (Å²) in [6.07, 6.45) is 0. The van der Waals surface area contributed by atoms with E-state index in [4.69, 9.17) is 65.4 Å². The minimum atomic E-state index is -0.907. The lowest BCUT2D eigenvalue weighted by Crippen LogP contribution is -2.16. The number of hydrogen-bond acceptors (Lipinski definition) is 21. The van der Waals surface area contributed by atoms with E-state index in [1.165, 1.54) is 145 Å². The predicted molar refractivity (Wildman–Crippen MR) is 378 cm³/mol. The van der Waals surface area contributed by atoms with E-state index >= 15 is 0 Å². The second kappa shape index (κ2) is 27.4. The van der Waals surface area contributed by atoms with Gasteiger partial charge >= 0.3 is 35.8 Å². The van der Waals surface area contributed by atoms with Crippen LogP contribution in [-0.2, 0) is 0 Å². The molecule has 0 aliphatic rings. The molecule has 0 saturated heterocycles. The summed E-state index contributed by atoms with van der Waals surface area (Å²) in [5, 5.41) is 4.07. The van der Waals surface area contributed by atoms with E-state index in [0.717, 1.165) is 16.7 Å².